The van der Waals surface area contributed by atoms with Crippen molar-refractivity contribution in [3.8, 4) is 0 Å². The monoisotopic (exact) mass is 235 g/mol. The van der Waals surface area contributed by atoms with Gasteiger partial charge in [-0.15, -0.1) is 0 Å². The van der Waals surface area contributed by atoms with Crippen molar-refractivity contribution in [1.29, 1.82) is 0 Å². The van der Waals surface area contributed by atoms with E-state index in [1.54, 1.807) is 6.92 Å². The summed E-state index contributed by atoms with van der Waals surface area (Å²) in [5, 5.41) is 39.6. The SMILES string of the molecule is CCC(=O)N[C@@H]1O[C@H](CO)[C@H](O)[C@H](O)[C@H]1O. The predicted molar refractivity (Wildman–Crippen MR) is 52.2 cm³/mol. The molecule has 7 nitrogen and oxygen atoms in total. The molecule has 0 aromatic heterocycles. The van der Waals surface area contributed by atoms with Crippen LogP contribution in [0.5, 0.6) is 0 Å². The van der Waals surface area contributed by atoms with Gasteiger partial charge in [0.25, 0.3) is 0 Å². The molecule has 1 aliphatic rings. The van der Waals surface area contributed by atoms with Crippen LogP contribution in [0.1, 0.15) is 13.3 Å². The van der Waals surface area contributed by atoms with Crippen LogP contribution in [-0.4, -0.2) is 63.6 Å². The molecule has 94 valence electrons. The summed E-state index contributed by atoms with van der Waals surface area (Å²) in [5.41, 5.74) is 0. The quantitative estimate of drug-likeness (QED) is 0.363. The van der Waals surface area contributed by atoms with Crippen LogP contribution in [0, 0.1) is 0 Å². The Kier molecular flexibility index (Phi) is 4.63. The van der Waals surface area contributed by atoms with Crippen molar-refractivity contribution in [2.24, 2.45) is 0 Å². The summed E-state index contributed by atoms with van der Waals surface area (Å²) < 4.78 is 5.06. The van der Waals surface area contributed by atoms with Crippen LogP contribution in [0.15, 0.2) is 0 Å². The number of aliphatic hydroxyl groups excluding tert-OH is 4. The van der Waals surface area contributed by atoms with Gasteiger partial charge in [-0.05, 0) is 0 Å². The summed E-state index contributed by atoms with van der Waals surface area (Å²) in [7, 11) is 0. The van der Waals surface area contributed by atoms with Gasteiger partial charge < -0.3 is 30.5 Å². The second kappa shape index (κ2) is 5.55. The molecule has 1 saturated heterocycles. The van der Waals surface area contributed by atoms with Gasteiger partial charge >= 0.3 is 0 Å². The molecule has 1 amide bonds. The Morgan fingerprint density at radius 1 is 1.25 bits per heavy atom. The predicted octanol–water partition coefficient (Wildman–Crippen LogP) is -2.69. The maximum absolute atomic E-state index is 11.1. The number of amides is 1. The molecule has 0 bridgehead atoms. The van der Waals surface area contributed by atoms with Gasteiger partial charge in [-0.2, -0.15) is 0 Å². The van der Waals surface area contributed by atoms with Gasteiger partial charge in [-0.25, -0.2) is 0 Å². The third-order valence-electron chi connectivity index (χ3n) is 2.52. The van der Waals surface area contributed by atoms with Gasteiger partial charge in [0.05, 0.1) is 6.61 Å². The molecule has 0 aliphatic carbocycles. The second-order valence-corrected chi connectivity index (χ2v) is 3.67. The number of nitrogens with one attached hydrogen (secondary N) is 1. The molecule has 0 aromatic carbocycles. The Morgan fingerprint density at radius 2 is 1.88 bits per heavy atom. The average Bonchev–Trinajstić information content (AvgIpc) is 2.29. The van der Waals surface area contributed by atoms with E-state index in [1.807, 2.05) is 0 Å². The van der Waals surface area contributed by atoms with Crippen LogP contribution >= 0.6 is 0 Å². The fraction of sp³-hybridized carbons (Fsp3) is 0.889. The molecule has 0 saturated carbocycles. The number of hydrogen-bond acceptors (Lipinski definition) is 6. The fourth-order valence-corrected chi connectivity index (χ4v) is 1.48. The summed E-state index contributed by atoms with van der Waals surface area (Å²) >= 11 is 0. The molecule has 0 spiro atoms. The smallest absolute Gasteiger partial charge is 0.221 e. The molecule has 1 fully saturated rings. The van der Waals surface area contributed by atoms with Crippen molar-refractivity contribution in [2.75, 3.05) is 6.61 Å². The Morgan fingerprint density at radius 3 is 2.38 bits per heavy atom. The highest BCUT2D eigenvalue weighted by molar-refractivity contribution is 5.75. The highest BCUT2D eigenvalue weighted by Crippen LogP contribution is 2.19. The van der Waals surface area contributed by atoms with E-state index in [0.717, 1.165) is 0 Å². The summed E-state index contributed by atoms with van der Waals surface area (Å²) in [5.74, 6) is -0.357. The summed E-state index contributed by atoms with van der Waals surface area (Å²) in [6, 6.07) is 0. The minimum absolute atomic E-state index is 0.203. The number of ether oxygens (including phenoxy) is 1. The standard InChI is InChI=1S/C9H17NO6/c1-2-5(12)10-9-8(15)7(14)6(13)4(3-11)16-9/h4,6-9,11,13-15H,2-3H2,1H3,(H,10,12)/t4-,6+,7+,8-,9-/m1/s1. The minimum atomic E-state index is -1.46. The first-order valence-corrected chi connectivity index (χ1v) is 5.11. The second-order valence-electron chi connectivity index (χ2n) is 3.67. The van der Waals surface area contributed by atoms with Crippen molar-refractivity contribution in [3.05, 3.63) is 0 Å². The number of aliphatic hydroxyl groups is 4. The number of hydrogen-bond donors (Lipinski definition) is 5. The lowest BCUT2D eigenvalue weighted by Gasteiger charge is -2.40. The third-order valence-corrected chi connectivity index (χ3v) is 2.52. The molecule has 7 heteroatoms. The van der Waals surface area contributed by atoms with Crippen molar-refractivity contribution in [3.63, 3.8) is 0 Å². The highest BCUT2D eigenvalue weighted by atomic mass is 16.6. The lowest BCUT2D eigenvalue weighted by atomic mass is 9.98. The first-order valence-electron chi connectivity index (χ1n) is 5.11. The molecule has 5 atom stereocenters. The molecular formula is C9H17NO6. The van der Waals surface area contributed by atoms with E-state index in [0.29, 0.717) is 0 Å². The van der Waals surface area contributed by atoms with Crippen LogP contribution in [0.25, 0.3) is 0 Å². The van der Waals surface area contributed by atoms with Crippen molar-refractivity contribution in [2.45, 2.75) is 44.0 Å². The van der Waals surface area contributed by atoms with Crippen molar-refractivity contribution < 1.29 is 30.0 Å². The molecule has 0 radical (unpaired) electrons. The van der Waals surface area contributed by atoms with E-state index < -0.39 is 37.3 Å². The normalized spacial score (nSPS) is 39.4. The number of rotatable bonds is 3. The van der Waals surface area contributed by atoms with Gasteiger partial charge in [0, 0.05) is 6.42 Å². The zero-order chi connectivity index (χ0) is 12.3. The summed E-state index contributed by atoms with van der Waals surface area (Å²) in [6.45, 7) is 1.11. The maximum Gasteiger partial charge on any atom is 0.221 e. The summed E-state index contributed by atoms with van der Waals surface area (Å²) in [4.78, 5) is 11.1. The molecule has 0 aromatic rings. The fourth-order valence-electron chi connectivity index (χ4n) is 1.48. The average molecular weight is 235 g/mol. The largest absolute Gasteiger partial charge is 0.394 e. The van der Waals surface area contributed by atoms with E-state index in [-0.39, 0.29) is 12.3 Å². The Labute approximate surface area is 92.7 Å². The lowest BCUT2D eigenvalue weighted by molar-refractivity contribution is -0.235. The van der Waals surface area contributed by atoms with Gasteiger partial charge in [-0.1, -0.05) is 6.92 Å². The van der Waals surface area contributed by atoms with E-state index in [1.165, 1.54) is 0 Å². The zero-order valence-electron chi connectivity index (χ0n) is 8.91. The van der Waals surface area contributed by atoms with Crippen molar-refractivity contribution >= 4 is 5.91 Å². The van der Waals surface area contributed by atoms with Crippen LogP contribution < -0.4 is 5.32 Å². The topological polar surface area (TPSA) is 119 Å². The van der Waals surface area contributed by atoms with Gasteiger partial charge in [0.15, 0.2) is 6.23 Å². The van der Waals surface area contributed by atoms with Gasteiger partial charge in [-0.3, -0.25) is 4.79 Å². The number of carbonyl (C=O) groups excluding carboxylic acids is 1. The van der Waals surface area contributed by atoms with E-state index in [2.05, 4.69) is 5.32 Å². The molecular weight excluding hydrogens is 218 g/mol. The van der Waals surface area contributed by atoms with E-state index in [4.69, 9.17) is 9.84 Å². The van der Waals surface area contributed by atoms with Crippen molar-refractivity contribution in [1.82, 2.24) is 5.32 Å². The Hall–Kier alpha value is -0.730. The van der Waals surface area contributed by atoms with Gasteiger partial charge in [0.1, 0.15) is 24.4 Å². The van der Waals surface area contributed by atoms with Crippen LogP contribution in [0.4, 0.5) is 0 Å². The van der Waals surface area contributed by atoms with Gasteiger partial charge in [0.2, 0.25) is 5.91 Å². The first kappa shape index (κ1) is 13.3. The summed E-state index contributed by atoms with van der Waals surface area (Å²) in [6.07, 6.45) is -6.21. The van der Waals surface area contributed by atoms with Crippen LogP contribution in [-0.2, 0) is 9.53 Å². The first-order chi connectivity index (χ1) is 7.51. The third kappa shape index (κ3) is 2.69. The van der Waals surface area contributed by atoms with Crippen LogP contribution in [0.3, 0.4) is 0 Å². The molecule has 0 unspecified atom stereocenters. The zero-order valence-corrected chi connectivity index (χ0v) is 8.91. The minimum Gasteiger partial charge on any atom is -0.394 e. The Bertz CT molecular complexity index is 246. The molecule has 16 heavy (non-hydrogen) atoms. The van der Waals surface area contributed by atoms with E-state index >= 15 is 0 Å². The molecule has 5 N–H and O–H groups in total. The Balaban J connectivity index is 2.67. The molecule has 1 aliphatic heterocycles. The highest BCUT2D eigenvalue weighted by Gasteiger charge is 2.43. The lowest BCUT2D eigenvalue weighted by Crippen LogP contribution is -2.63. The van der Waals surface area contributed by atoms with Crippen LogP contribution in [0.2, 0.25) is 0 Å². The maximum atomic E-state index is 11.1. The molecule has 1 heterocycles. The number of carbonyl (C=O) groups is 1. The molecule has 1 rings (SSSR count). The van der Waals surface area contributed by atoms with E-state index in [9.17, 15) is 20.1 Å².